The van der Waals surface area contributed by atoms with Crippen LogP contribution in [-0.4, -0.2) is 23.6 Å². The summed E-state index contributed by atoms with van der Waals surface area (Å²) in [5.41, 5.74) is 2.99. The van der Waals surface area contributed by atoms with Gasteiger partial charge in [-0.05, 0) is 23.7 Å². The topological polar surface area (TPSA) is 59.1 Å². The number of nitrogens with one attached hydrogen (secondary N) is 2. The maximum atomic E-state index is 6.00. The second-order valence-corrected chi connectivity index (χ2v) is 4.89. The van der Waals surface area contributed by atoms with Gasteiger partial charge in [0.2, 0.25) is 5.28 Å². The summed E-state index contributed by atoms with van der Waals surface area (Å²) in [6.45, 7) is 1.66. The van der Waals surface area contributed by atoms with Crippen molar-refractivity contribution >= 4 is 23.1 Å². The van der Waals surface area contributed by atoms with Crippen LogP contribution in [0.2, 0.25) is 5.28 Å². The van der Waals surface area contributed by atoms with Crippen molar-refractivity contribution in [2.75, 3.05) is 19.0 Å². The van der Waals surface area contributed by atoms with Crippen LogP contribution in [0.25, 0.3) is 0 Å². The summed E-state index contributed by atoms with van der Waals surface area (Å²) in [5, 5.41) is 6.89. The second kappa shape index (κ2) is 5.64. The maximum Gasteiger partial charge on any atom is 0.224 e. The number of aromatic nitrogens is 2. The van der Waals surface area contributed by atoms with Crippen molar-refractivity contribution in [3.05, 3.63) is 40.8 Å². The number of methoxy groups -OCH3 is 1. The summed E-state index contributed by atoms with van der Waals surface area (Å²) < 4.78 is 5.22. The molecule has 0 aliphatic carbocycles. The molecule has 20 heavy (non-hydrogen) atoms. The quantitative estimate of drug-likeness (QED) is 0.851. The Balaban J connectivity index is 1.95. The van der Waals surface area contributed by atoms with Gasteiger partial charge in [-0.25, -0.2) is 9.97 Å². The molecule has 5 nitrogen and oxygen atoms in total. The van der Waals surface area contributed by atoms with Crippen molar-refractivity contribution in [2.45, 2.75) is 13.0 Å². The molecular weight excluding hydrogens is 276 g/mol. The van der Waals surface area contributed by atoms with Crippen LogP contribution in [0.3, 0.4) is 0 Å². The van der Waals surface area contributed by atoms with E-state index in [1.54, 1.807) is 7.11 Å². The molecule has 1 aliphatic rings. The highest BCUT2D eigenvalue weighted by molar-refractivity contribution is 6.28. The Bertz CT molecular complexity index is 633. The zero-order valence-electron chi connectivity index (χ0n) is 11.1. The molecule has 1 aromatic carbocycles. The fourth-order valence-electron chi connectivity index (χ4n) is 2.25. The first-order valence-corrected chi connectivity index (χ1v) is 6.81. The van der Waals surface area contributed by atoms with E-state index in [1.165, 1.54) is 0 Å². The molecule has 0 atom stereocenters. The lowest BCUT2D eigenvalue weighted by atomic mass is 10.1. The van der Waals surface area contributed by atoms with Crippen molar-refractivity contribution in [3.63, 3.8) is 0 Å². The lowest BCUT2D eigenvalue weighted by Gasteiger charge is -2.19. The average Bonchev–Trinajstić information content (AvgIpc) is 2.47. The van der Waals surface area contributed by atoms with E-state index in [0.29, 0.717) is 0 Å². The molecule has 2 aromatic rings. The number of ether oxygens (including phenoxy) is 1. The van der Waals surface area contributed by atoms with Crippen LogP contribution in [0.1, 0.15) is 11.3 Å². The molecule has 2 N–H and O–H groups in total. The van der Waals surface area contributed by atoms with Gasteiger partial charge >= 0.3 is 0 Å². The molecule has 0 bridgehead atoms. The Kier molecular flexibility index (Phi) is 3.71. The van der Waals surface area contributed by atoms with Crippen LogP contribution in [0, 0.1) is 0 Å². The molecule has 0 spiro atoms. The van der Waals surface area contributed by atoms with Gasteiger partial charge in [-0.15, -0.1) is 0 Å². The van der Waals surface area contributed by atoms with E-state index in [2.05, 4.69) is 20.6 Å². The highest BCUT2D eigenvalue weighted by Gasteiger charge is 2.17. The Hall–Kier alpha value is -1.85. The average molecular weight is 291 g/mol. The summed E-state index contributed by atoms with van der Waals surface area (Å²) in [7, 11) is 1.65. The van der Waals surface area contributed by atoms with Crippen molar-refractivity contribution in [2.24, 2.45) is 0 Å². The molecule has 2 heterocycles. The zero-order valence-corrected chi connectivity index (χ0v) is 11.9. The van der Waals surface area contributed by atoms with Gasteiger partial charge in [0.25, 0.3) is 0 Å². The van der Waals surface area contributed by atoms with Crippen LogP contribution < -0.4 is 15.4 Å². The Morgan fingerprint density at radius 3 is 3.10 bits per heavy atom. The van der Waals surface area contributed by atoms with Gasteiger partial charge < -0.3 is 15.4 Å². The van der Waals surface area contributed by atoms with Gasteiger partial charge in [-0.1, -0.05) is 6.07 Å². The molecular formula is C14H15ClN4O. The SMILES string of the molecule is COc1cccc(Nc2nc(Cl)nc3c2CNCC3)c1. The molecule has 104 valence electrons. The molecule has 0 saturated carbocycles. The van der Waals surface area contributed by atoms with Crippen LogP contribution in [0.15, 0.2) is 24.3 Å². The van der Waals surface area contributed by atoms with E-state index in [9.17, 15) is 0 Å². The third kappa shape index (κ3) is 2.69. The van der Waals surface area contributed by atoms with Gasteiger partial charge in [0.05, 0.1) is 12.8 Å². The standard InChI is InChI=1S/C14H15ClN4O/c1-20-10-4-2-3-9(7-10)17-13-11-8-16-6-5-12(11)18-14(15)19-13/h2-4,7,16H,5-6,8H2,1H3,(H,17,18,19). The first kappa shape index (κ1) is 13.1. The van der Waals surface area contributed by atoms with E-state index in [4.69, 9.17) is 16.3 Å². The number of halogens is 1. The Morgan fingerprint density at radius 1 is 1.35 bits per heavy atom. The predicted molar refractivity (Wildman–Crippen MR) is 78.7 cm³/mol. The van der Waals surface area contributed by atoms with Crippen molar-refractivity contribution in [1.29, 1.82) is 0 Å². The van der Waals surface area contributed by atoms with E-state index in [1.807, 2.05) is 24.3 Å². The van der Waals surface area contributed by atoms with Crippen LogP contribution >= 0.6 is 11.6 Å². The molecule has 6 heteroatoms. The largest absolute Gasteiger partial charge is 0.497 e. The first-order chi connectivity index (χ1) is 9.76. The Morgan fingerprint density at radius 2 is 2.25 bits per heavy atom. The number of hydrogen-bond donors (Lipinski definition) is 2. The summed E-state index contributed by atoms with van der Waals surface area (Å²) in [6.07, 6.45) is 0.865. The monoisotopic (exact) mass is 290 g/mol. The summed E-state index contributed by atoms with van der Waals surface area (Å²) >= 11 is 6.00. The minimum absolute atomic E-state index is 0.274. The molecule has 0 unspecified atom stereocenters. The maximum absolute atomic E-state index is 6.00. The molecule has 0 fully saturated rings. The number of anilines is 2. The fraction of sp³-hybridized carbons (Fsp3) is 0.286. The first-order valence-electron chi connectivity index (χ1n) is 6.43. The molecule has 3 rings (SSSR count). The normalized spacial score (nSPS) is 13.7. The summed E-state index contributed by atoms with van der Waals surface area (Å²) in [5.74, 6) is 1.54. The molecule has 0 saturated heterocycles. The van der Waals surface area contributed by atoms with E-state index >= 15 is 0 Å². The number of benzene rings is 1. The highest BCUT2D eigenvalue weighted by atomic mass is 35.5. The predicted octanol–water partition coefficient (Wildman–Crippen LogP) is 2.53. The lowest BCUT2D eigenvalue weighted by molar-refractivity contribution is 0.415. The summed E-state index contributed by atoms with van der Waals surface area (Å²) in [4.78, 5) is 8.60. The van der Waals surface area contributed by atoms with Crippen LogP contribution in [-0.2, 0) is 13.0 Å². The Labute approximate surface area is 122 Å². The van der Waals surface area contributed by atoms with E-state index in [0.717, 1.165) is 48.0 Å². The zero-order chi connectivity index (χ0) is 13.9. The van der Waals surface area contributed by atoms with Gasteiger partial charge in [-0.2, -0.15) is 0 Å². The lowest BCUT2D eigenvalue weighted by Crippen LogP contribution is -2.26. The van der Waals surface area contributed by atoms with E-state index in [-0.39, 0.29) is 5.28 Å². The van der Waals surface area contributed by atoms with Gasteiger partial charge in [0.15, 0.2) is 0 Å². The fourth-order valence-corrected chi connectivity index (χ4v) is 2.44. The molecule has 0 radical (unpaired) electrons. The second-order valence-electron chi connectivity index (χ2n) is 4.55. The van der Waals surface area contributed by atoms with Crippen molar-refractivity contribution < 1.29 is 4.74 Å². The number of fused-ring (bicyclic) bond motifs is 1. The molecule has 1 aromatic heterocycles. The molecule has 1 aliphatic heterocycles. The van der Waals surface area contributed by atoms with Gasteiger partial charge in [-0.3, -0.25) is 0 Å². The van der Waals surface area contributed by atoms with Crippen molar-refractivity contribution in [3.8, 4) is 5.75 Å². The molecule has 0 amide bonds. The van der Waals surface area contributed by atoms with Crippen molar-refractivity contribution in [1.82, 2.24) is 15.3 Å². The van der Waals surface area contributed by atoms with Crippen LogP contribution in [0.4, 0.5) is 11.5 Å². The van der Waals surface area contributed by atoms with Crippen LogP contribution in [0.5, 0.6) is 5.75 Å². The smallest absolute Gasteiger partial charge is 0.224 e. The third-order valence-electron chi connectivity index (χ3n) is 3.24. The number of hydrogen-bond acceptors (Lipinski definition) is 5. The number of nitrogens with zero attached hydrogens (tertiary/aromatic N) is 2. The number of rotatable bonds is 3. The van der Waals surface area contributed by atoms with Gasteiger partial charge in [0, 0.05) is 36.8 Å². The third-order valence-corrected chi connectivity index (χ3v) is 3.41. The van der Waals surface area contributed by atoms with E-state index < -0.39 is 0 Å². The summed E-state index contributed by atoms with van der Waals surface area (Å²) in [6, 6.07) is 7.70. The minimum Gasteiger partial charge on any atom is -0.497 e. The minimum atomic E-state index is 0.274. The van der Waals surface area contributed by atoms with Gasteiger partial charge in [0.1, 0.15) is 11.6 Å². The highest BCUT2D eigenvalue weighted by Crippen LogP contribution is 2.26.